The van der Waals surface area contributed by atoms with E-state index in [1.807, 2.05) is 36.5 Å². The fraction of sp³-hybridized carbons (Fsp3) is 0.500. The molecule has 0 radical (unpaired) electrons. The van der Waals surface area contributed by atoms with Crippen LogP contribution in [0, 0.1) is 0 Å². The molecular formula is C24H31N3O3. The smallest absolute Gasteiger partial charge is 0.410 e. The van der Waals surface area contributed by atoms with Gasteiger partial charge in [0.05, 0.1) is 6.10 Å². The third kappa shape index (κ3) is 4.75. The number of benzene rings is 1. The summed E-state index contributed by atoms with van der Waals surface area (Å²) in [6, 6.07) is 11.9. The van der Waals surface area contributed by atoms with Crippen LogP contribution in [-0.2, 0) is 16.6 Å². The zero-order chi connectivity index (χ0) is 21.0. The van der Waals surface area contributed by atoms with Gasteiger partial charge < -0.3 is 19.7 Å². The minimum Gasteiger partial charge on any atom is -0.410 e. The van der Waals surface area contributed by atoms with Gasteiger partial charge in [-0.1, -0.05) is 13.0 Å². The van der Waals surface area contributed by atoms with Crippen molar-refractivity contribution in [2.24, 2.45) is 0 Å². The van der Waals surface area contributed by atoms with Crippen LogP contribution in [0.2, 0.25) is 0 Å². The molecule has 1 N–H and O–H groups in total. The van der Waals surface area contributed by atoms with Crippen LogP contribution in [0.25, 0.3) is 0 Å². The van der Waals surface area contributed by atoms with Crippen molar-refractivity contribution in [2.75, 3.05) is 32.1 Å². The first-order valence-electron chi connectivity index (χ1n) is 10.9. The highest BCUT2D eigenvalue weighted by Crippen LogP contribution is 2.41. The number of amides is 1. The normalized spacial score (nSPS) is 22.8. The van der Waals surface area contributed by atoms with Gasteiger partial charge in [-0.15, -0.1) is 0 Å². The molecular weight excluding hydrogens is 378 g/mol. The van der Waals surface area contributed by atoms with Crippen molar-refractivity contribution in [1.82, 2.24) is 9.88 Å². The fourth-order valence-corrected chi connectivity index (χ4v) is 4.31. The molecule has 2 unspecified atom stereocenters. The van der Waals surface area contributed by atoms with Crippen LogP contribution in [0.3, 0.4) is 0 Å². The average Bonchev–Trinajstić information content (AvgIpc) is 3.10. The number of pyridine rings is 1. The molecule has 0 aliphatic carbocycles. The molecule has 1 aromatic carbocycles. The highest BCUT2D eigenvalue weighted by molar-refractivity contribution is 5.71. The van der Waals surface area contributed by atoms with Gasteiger partial charge in [-0.25, -0.2) is 4.79 Å². The van der Waals surface area contributed by atoms with Crippen molar-refractivity contribution in [3.8, 4) is 5.75 Å². The van der Waals surface area contributed by atoms with Gasteiger partial charge in [0.15, 0.2) is 0 Å². The van der Waals surface area contributed by atoms with Crippen LogP contribution in [0.1, 0.15) is 43.9 Å². The van der Waals surface area contributed by atoms with Gasteiger partial charge in [-0.3, -0.25) is 4.98 Å². The second-order valence-corrected chi connectivity index (χ2v) is 8.68. The first kappa shape index (κ1) is 20.7. The van der Waals surface area contributed by atoms with E-state index >= 15 is 0 Å². The number of nitrogens with zero attached hydrogens (tertiary/aromatic N) is 2. The molecule has 6 nitrogen and oxygen atoms in total. The number of fused-ring (bicyclic) bond motifs is 1. The van der Waals surface area contributed by atoms with Crippen molar-refractivity contribution in [2.45, 2.75) is 50.5 Å². The predicted molar refractivity (Wildman–Crippen MR) is 117 cm³/mol. The lowest BCUT2D eigenvalue weighted by molar-refractivity contribution is 0.00110. The molecule has 6 heteroatoms. The van der Waals surface area contributed by atoms with Crippen molar-refractivity contribution in [1.29, 1.82) is 0 Å². The Morgan fingerprint density at radius 2 is 2.23 bits per heavy atom. The molecule has 160 valence electrons. The first-order chi connectivity index (χ1) is 14.5. The van der Waals surface area contributed by atoms with Crippen molar-refractivity contribution >= 4 is 11.8 Å². The number of carbonyl (C=O) groups is 1. The van der Waals surface area contributed by atoms with Crippen LogP contribution in [0.5, 0.6) is 5.75 Å². The summed E-state index contributed by atoms with van der Waals surface area (Å²) in [5.74, 6) is 0.586. The second kappa shape index (κ2) is 9.04. The molecule has 30 heavy (non-hydrogen) atoms. The topological polar surface area (TPSA) is 63.7 Å². The predicted octanol–water partition coefficient (Wildman–Crippen LogP) is 4.40. The largest absolute Gasteiger partial charge is 0.415 e. The molecule has 0 saturated carbocycles. The Morgan fingerprint density at radius 3 is 3.00 bits per heavy atom. The number of carbonyl (C=O) groups excluding carboxylic acids is 1. The average molecular weight is 410 g/mol. The number of nitrogens with one attached hydrogen (secondary N) is 1. The van der Waals surface area contributed by atoms with Crippen molar-refractivity contribution < 1.29 is 14.3 Å². The third-order valence-corrected chi connectivity index (χ3v) is 6.24. The lowest BCUT2D eigenvalue weighted by atomic mass is 9.80. The van der Waals surface area contributed by atoms with Crippen molar-refractivity contribution in [3.63, 3.8) is 0 Å². The van der Waals surface area contributed by atoms with E-state index in [2.05, 4.69) is 23.3 Å². The minimum atomic E-state index is -0.342. The zero-order valence-corrected chi connectivity index (χ0v) is 17.9. The SMILES string of the molecule is CN(CC1CCCCO1)C(=O)Oc1ccc2c(c1)C(C)(CCc1ccccn1)CN2. The maximum atomic E-state index is 12.6. The summed E-state index contributed by atoms with van der Waals surface area (Å²) >= 11 is 0. The van der Waals surface area contributed by atoms with E-state index in [4.69, 9.17) is 9.47 Å². The number of aromatic nitrogens is 1. The van der Waals surface area contributed by atoms with Crippen LogP contribution >= 0.6 is 0 Å². The molecule has 2 atom stereocenters. The summed E-state index contributed by atoms with van der Waals surface area (Å²) < 4.78 is 11.4. The highest BCUT2D eigenvalue weighted by atomic mass is 16.6. The fourth-order valence-electron chi connectivity index (χ4n) is 4.31. The Kier molecular flexibility index (Phi) is 6.23. The van der Waals surface area contributed by atoms with E-state index in [0.29, 0.717) is 12.3 Å². The van der Waals surface area contributed by atoms with Gasteiger partial charge in [0.25, 0.3) is 0 Å². The second-order valence-electron chi connectivity index (χ2n) is 8.68. The molecule has 2 aliphatic heterocycles. The Hall–Kier alpha value is -2.60. The summed E-state index contributed by atoms with van der Waals surface area (Å²) in [6.45, 7) is 4.47. The molecule has 1 amide bonds. The Labute approximate surface area is 178 Å². The summed E-state index contributed by atoms with van der Waals surface area (Å²) in [4.78, 5) is 18.6. The number of ether oxygens (including phenoxy) is 2. The van der Waals surface area contributed by atoms with E-state index in [1.165, 1.54) is 5.56 Å². The van der Waals surface area contributed by atoms with Crippen LogP contribution in [0.15, 0.2) is 42.6 Å². The van der Waals surface area contributed by atoms with E-state index in [-0.39, 0.29) is 17.6 Å². The molecule has 3 heterocycles. The Morgan fingerprint density at radius 1 is 1.33 bits per heavy atom. The first-order valence-corrected chi connectivity index (χ1v) is 10.9. The van der Waals surface area contributed by atoms with Crippen molar-refractivity contribution in [3.05, 3.63) is 53.9 Å². The number of aryl methyl sites for hydroxylation is 1. The van der Waals surface area contributed by atoms with Gasteiger partial charge in [-0.2, -0.15) is 0 Å². The maximum absolute atomic E-state index is 12.6. The lowest BCUT2D eigenvalue weighted by Gasteiger charge is -2.27. The van der Waals surface area contributed by atoms with E-state index in [1.54, 1.807) is 11.9 Å². The lowest BCUT2D eigenvalue weighted by Crippen LogP contribution is -2.38. The Bertz CT molecular complexity index is 867. The van der Waals surface area contributed by atoms with Gasteiger partial charge >= 0.3 is 6.09 Å². The van der Waals surface area contributed by atoms with E-state index in [0.717, 1.165) is 56.6 Å². The van der Waals surface area contributed by atoms with Gasteiger partial charge in [0.1, 0.15) is 5.75 Å². The summed E-state index contributed by atoms with van der Waals surface area (Å²) in [5, 5.41) is 3.50. The van der Waals surface area contributed by atoms with Crippen LogP contribution < -0.4 is 10.1 Å². The number of rotatable bonds is 6. The third-order valence-electron chi connectivity index (χ3n) is 6.24. The Balaban J connectivity index is 1.40. The molecule has 2 aromatic rings. The van der Waals surface area contributed by atoms with Gasteiger partial charge in [0.2, 0.25) is 0 Å². The molecule has 1 aromatic heterocycles. The molecule has 2 aliphatic rings. The maximum Gasteiger partial charge on any atom is 0.415 e. The summed E-state index contributed by atoms with van der Waals surface area (Å²) in [7, 11) is 1.77. The monoisotopic (exact) mass is 409 g/mol. The number of likely N-dealkylation sites (N-methyl/N-ethyl adjacent to an activating group) is 1. The summed E-state index contributed by atoms with van der Waals surface area (Å²) in [5.41, 5.74) is 3.38. The molecule has 4 rings (SSSR count). The van der Waals surface area contributed by atoms with E-state index < -0.39 is 0 Å². The minimum absolute atomic E-state index is 0.0306. The number of hydrogen-bond acceptors (Lipinski definition) is 5. The van der Waals surface area contributed by atoms with Gasteiger partial charge in [0, 0.05) is 49.7 Å². The molecule has 0 spiro atoms. The zero-order valence-electron chi connectivity index (χ0n) is 17.9. The number of anilines is 1. The summed E-state index contributed by atoms with van der Waals surface area (Å²) in [6.07, 6.45) is 6.74. The number of hydrogen-bond donors (Lipinski definition) is 1. The quantitative estimate of drug-likeness (QED) is 0.766. The van der Waals surface area contributed by atoms with Crippen LogP contribution in [0.4, 0.5) is 10.5 Å². The molecule has 1 saturated heterocycles. The molecule has 0 bridgehead atoms. The van der Waals surface area contributed by atoms with Gasteiger partial charge in [-0.05, 0) is 68.0 Å². The standard InChI is InChI=1S/C24H31N3O3/c1-24(12-11-18-7-3-5-13-25-18)17-26-22-10-9-19(15-21(22)24)30-23(28)27(2)16-20-8-4-6-14-29-20/h3,5,7,9-10,13,15,20,26H,4,6,8,11-12,14,16-17H2,1-2H3. The molecule has 1 fully saturated rings. The van der Waals surface area contributed by atoms with E-state index in [9.17, 15) is 4.79 Å². The highest BCUT2D eigenvalue weighted by Gasteiger charge is 2.34. The van der Waals surface area contributed by atoms with Crippen LogP contribution in [-0.4, -0.2) is 48.8 Å².